The van der Waals surface area contributed by atoms with E-state index in [1.807, 2.05) is 43.6 Å². The van der Waals surface area contributed by atoms with Crippen LogP contribution in [0.2, 0.25) is 0 Å². The average molecular weight is 457 g/mol. The maximum Gasteiger partial charge on any atom is 0.320 e. The molecule has 0 saturated carbocycles. The first kappa shape index (κ1) is 22.3. The van der Waals surface area contributed by atoms with Crippen LogP contribution in [-0.2, 0) is 0 Å². The second kappa shape index (κ2) is 8.90. The van der Waals surface area contributed by atoms with Gasteiger partial charge in [-0.05, 0) is 51.5 Å². The van der Waals surface area contributed by atoms with Crippen LogP contribution in [0.5, 0.6) is 0 Å². The Bertz CT molecular complexity index is 1100. The van der Waals surface area contributed by atoms with E-state index >= 15 is 0 Å². The molecule has 1 aromatic carbocycles. The molecule has 7 nitrogen and oxygen atoms in total. The lowest BCUT2D eigenvalue weighted by Gasteiger charge is -2.40. The maximum atomic E-state index is 13.3. The third-order valence-electron chi connectivity index (χ3n) is 5.70. The number of rotatable bonds is 4. The molecule has 0 spiro atoms. The number of aromatic nitrogens is 2. The Labute approximate surface area is 191 Å². The number of amides is 2. The number of benzene rings is 1. The van der Waals surface area contributed by atoms with Crippen molar-refractivity contribution in [1.29, 1.82) is 0 Å². The van der Waals surface area contributed by atoms with Crippen LogP contribution in [0.4, 0.5) is 21.0 Å². The highest BCUT2D eigenvalue weighted by atomic mass is 32.1. The number of carbonyl (C=O) groups excluding carboxylic acids is 1. The van der Waals surface area contributed by atoms with Gasteiger partial charge in [-0.3, -0.25) is 0 Å². The summed E-state index contributed by atoms with van der Waals surface area (Å²) in [6, 6.07) is 8.85. The minimum Gasteiger partial charge on any atom is -0.368 e. The first-order valence-corrected chi connectivity index (χ1v) is 11.7. The van der Waals surface area contributed by atoms with Crippen molar-refractivity contribution in [3.05, 3.63) is 36.1 Å². The van der Waals surface area contributed by atoms with Crippen molar-refractivity contribution in [2.75, 3.05) is 36.8 Å². The first-order chi connectivity index (χ1) is 15.2. The van der Waals surface area contributed by atoms with Crippen LogP contribution < -0.4 is 10.6 Å². The zero-order chi connectivity index (χ0) is 23.0. The van der Waals surface area contributed by atoms with Gasteiger partial charge >= 0.3 is 6.03 Å². The number of nitrogen functional groups attached to an aromatic ring is 1. The molecule has 0 aliphatic carbocycles. The molecule has 0 radical (unpaired) electrons. The van der Waals surface area contributed by atoms with Crippen molar-refractivity contribution in [2.24, 2.45) is 0 Å². The van der Waals surface area contributed by atoms with Gasteiger partial charge in [0.1, 0.15) is 16.5 Å². The Hall–Kier alpha value is -2.94. The summed E-state index contributed by atoms with van der Waals surface area (Å²) in [5, 5.41) is 0.925. The molecule has 9 heteroatoms. The Morgan fingerprint density at radius 1 is 1.06 bits per heavy atom. The topological polar surface area (TPSA) is 78.6 Å². The van der Waals surface area contributed by atoms with Crippen LogP contribution in [0, 0.1) is 5.82 Å². The van der Waals surface area contributed by atoms with E-state index in [-0.39, 0.29) is 29.9 Å². The number of piperazine rings is 1. The van der Waals surface area contributed by atoms with Gasteiger partial charge in [0, 0.05) is 43.1 Å². The number of anilines is 2. The standard InChI is InChI=1S/C23H29FN6OS/c1-14(2)30(15(3)4)23(31)29-11-9-28(10-12-29)20-18-13-19(16-5-7-17(24)8-6-16)32-21(18)27-22(25)26-20/h5-8,13-15H,9-12H2,1-4H3,(H2,25,26,27). The Kier molecular flexibility index (Phi) is 6.19. The fourth-order valence-electron chi connectivity index (χ4n) is 4.23. The number of thiophene rings is 1. The minimum absolute atomic E-state index is 0.0797. The fourth-order valence-corrected chi connectivity index (χ4v) is 5.27. The monoisotopic (exact) mass is 456 g/mol. The fraction of sp³-hybridized carbons (Fsp3) is 0.435. The van der Waals surface area contributed by atoms with Gasteiger partial charge in [0.25, 0.3) is 0 Å². The van der Waals surface area contributed by atoms with Crippen LogP contribution >= 0.6 is 11.3 Å². The highest BCUT2D eigenvalue weighted by molar-refractivity contribution is 7.22. The van der Waals surface area contributed by atoms with Gasteiger partial charge < -0.3 is 20.4 Å². The molecule has 1 saturated heterocycles. The zero-order valence-electron chi connectivity index (χ0n) is 18.9. The Morgan fingerprint density at radius 2 is 1.69 bits per heavy atom. The Balaban J connectivity index is 1.57. The van der Waals surface area contributed by atoms with E-state index in [1.54, 1.807) is 12.1 Å². The molecule has 32 heavy (non-hydrogen) atoms. The molecular formula is C23H29FN6OS. The molecule has 1 aliphatic heterocycles. The van der Waals surface area contributed by atoms with Crippen molar-refractivity contribution in [2.45, 2.75) is 39.8 Å². The Morgan fingerprint density at radius 3 is 2.28 bits per heavy atom. The van der Waals surface area contributed by atoms with Gasteiger partial charge in [-0.2, -0.15) is 4.98 Å². The van der Waals surface area contributed by atoms with E-state index in [0.29, 0.717) is 26.2 Å². The van der Waals surface area contributed by atoms with Crippen molar-refractivity contribution >= 4 is 39.4 Å². The van der Waals surface area contributed by atoms with Crippen molar-refractivity contribution in [3.63, 3.8) is 0 Å². The van der Waals surface area contributed by atoms with Crippen LogP contribution in [0.3, 0.4) is 0 Å². The lowest BCUT2D eigenvalue weighted by molar-refractivity contribution is 0.122. The third kappa shape index (κ3) is 4.34. The van der Waals surface area contributed by atoms with Crippen molar-refractivity contribution < 1.29 is 9.18 Å². The molecule has 0 atom stereocenters. The van der Waals surface area contributed by atoms with E-state index < -0.39 is 0 Å². The summed E-state index contributed by atoms with van der Waals surface area (Å²) in [4.78, 5) is 29.8. The number of halogens is 1. The van der Waals surface area contributed by atoms with Gasteiger partial charge in [-0.1, -0.05) is 12.1 Å². The van der Waals surface area contributed by atoms with Crippen LogP contribution in [0.25, 0.3) is 20.7 Å². The molecule has 2 amide bonds. The number of urea groups is 1. The van der Waals surface area contributed by atoms with Crippen LogP contribution in [-0.4, -0.2) is 64.1 Å². The van der Waals surface area contributed by atoms with Gasteiger partial charge in [-0.15, -0.1) is 11.3 Å². The maximum absolute atomic E-state index is 13.3. The summed E-state index contributed by atoms with van der Waals surface area (Å²) >= 11 is 1.51. The number of hydrogen-bond donors (Lipinski definition) is 1. The molecular weight excluding hydrogens is 427 g/mol. The SMILES string of the molecule is CC(C)N(C(=O)N1CCN(c2nc(N)nc3sc(-c4ccc(F)cc4)cc23)CC1)C(C)C. The molecule has 1 aliphatic rings. The first-order valence-electron chi connectivity index (χ1n) is 10.9. The summed E-state index contributed by atoms with van der Waals surface area (Å²) in [5.41, 5.74) is 6.95. The van der Waals surface area contributed by atoms with Crippen LogP contribution in [0.1, 0.15) is 27.7 Å². The summed E-state index contributed by atoms with van der Waals surface area (Å²) in [5.74, 6) is 0.749. The highest BCUT2D eigenvalue weighted by Gasteiger charge is 2.29. The smallest absolute Gasteiger partial charge is 0.320 e. The normalized spacial score (nSPS) is 14.6. The quantitative estimate of drug-likeness (QED) is 0.628. The second-order valence-electron chi connectivity index (χ2n) is 8.59. The van der Waals surface area contributed by atoms with Gasteiger partial charge in [0.2, 0.25) is 5.95 Å². The summed E-state index contributed by atoms with van der Waals surface area (Å²) < 4.78 is 13.3. The minimum atomic E-state index is -0.263. The molecule has 1 fully saturated rings. The zero-order valence-corrected chi connectivity index (χ0v) is 19.7. The van der Waals surface area contributed by atoms with Crippen molar-refractivity contribution in [3.8, 4) is 10.4 Å². The van der Waals surface area contributed by atoms with Gasteiger partial charge in [-0.25, -0.2) is 14.2 Å². The van der Waals surface area contributed by atoms with Gasteiger partial charge in [0.15, 0.2) is 0 Å². The molecule has 2 aromatic heterocycles. The average Bonchev–Trinajstić information content (AvgIpc) is 3.17. The molecule has 170 valence electrons. The van der Waals surface area contributed by atoms with E-state index in [2.05, 4.69) is 14.9 Å². The summed E-state index contributed by atoms with van der Waals surface area (Å²) in [6.45, 7) is 10.8. The van der Waals surface area contributed by atoms with Crippen LogP contribution in [0.15, 0.2) is 30.3 Å². The van der Waals surface area contributed by atoms with E-state index in [1.165, 1.54) is 23.5 Å². The van der Waals surface area contributed by atoms with Gasteiger partial charge in [0.05, 0.1) is 5.39 Å². The van der Waals surface area contributed by atoms with Crippen molar-refractivity contribution in [1.82, 2.24) is 19.8 Å². The lowest BCUT2D eigenvalue weighted by atomic mass is 10.1. The summed E-state index contributed by atoms with van der Waals surface area (Å²) in [7, 11) is 0. The lowest BCUT2D eigenvalue weighted by Crippen LogP contribution is -2.56. The number of nitrogens with zero attached hydrogens (tertiary/aromatic N) is 5. The number of nitrogens with two attached hydrogens (primary N) is 1. The molecule has 3 aromatic rings. The summed E-state index contributed by atoms with van der Waals surface area (Å²) in [6.07, 6.45) is 0. The third-order valence-corrected chi connectivity index (χ3v) is 6.78. The van der Waals surface area contributed by atoms with E-state index in [9.17, 15) is 9.18 Å². The predicted octanol–water partition coefficient (Wildman–Crippen LogP) is 4.44. The molecule has 3 heterocycles. The second-order valence-corrected chi connectivity index (χ2v) is 9.62. The van der Waals surface area contributed by atoms with E-state index in [0.717, 1.165) is 26.5 Å². The number of fused-ring (bicyclic) bond motifs is 1. The largest absolute Gasteiger partial charge is 0.368 e. The molecule has 2 N–H and O–H groups in total. The highest BCUT2D eigenvalue weighted by Crippen LogP contribution is 2.37. The predicted molar refractivity (Wildman–Crippen MR) is 129 cm³/mol. The number of hydrogen-bond acceptors (Lipinski definition) is 6. The molecule has 0 bridgehead atoms. The number of carbonyl (C=O) groups is 1. The molecule has 4 rings (SSSR count). The van der Waals surface area contributed by atoms with E-state index in [4.69, 9.17) is 5.73 Å². The molecule has 0 unspecified atom stereocenters.